The predicted molar refractivity (Wildman–Crippen MR) is 73.7 cm³/mol. The molecule has 1 aromatic rings. The molecule has 0 N–H and O–H groups in total. The van der Waals surface area contributed by atoms with E-state index in [1.165, 1.54) is 0 Å². The van der Waals surface area contributed by atoms with E-state index in [1.807, 2.05) is 74.7 Å². The van der Waals surface area contributed by atoms with Crippen molar-refractivity contribution in [2.45, 2.75) is 6.29 Å². The van der Waals surface area contributed by atoms with Crippen LogP contribution >= 0.6 is 0 Å². The lowest BCUT2D eigenvalue weighted by Crippen LogP contribution is -2.31. The van der Waals surface area contributed by atoms with Gasteiger partial charge in [-0.15, -0.1) is 5.11 Å². The maximum atomic E-state index is 4.33. The van der Waals surface area contributed by atoms with Gasteiger partial charge in [0, 0.05) is 46.3 Å². The average Bonchev–Trinajstić information content (AvgIpc) is 2.67. The first-order chi connectivity index (χ1) is 8.58. The van der Waals surface area contributed by atoms with Gasteiger partial charge in [0.15, 0.2) is 0 Å². The first-order valence-corrected chi connectivity index (χ1v) is 5.88. The Morgan fingerprint density at radius 1 is 1.00 bits per heavy atom. The van der Waals surface area contributed by atoms with Crippen LogP contribution in [0.1, 0.15) is 0 Å². The number of hydrogen-bond donors (Lipinski definition) is 0. The Bertz CT molecular complexity index is 437. The molecule has 5 heteroatoms. The van der Waals surface area contributed by atoms with E-state index >= 15 is 0 Å². The van der Waals surface area contributed by atoms with E-state index in [2.05, 4.69) is 15.1 Å². The molecular formula is C13H19N5. The summed E-state index contributed by atoms with van der Waals surface area (Å²) in [5.41, 5.74) is 2.03. The fourth-order valence-corrected chi connectivity index (χ4v) is 1.75. The molecule has 1 heterocycles. The SMILES string of the molecule is CN(C)c1ccc(/N=N/C2N(C)C=CN2C)cc1. The van der Waals surface area contributed by atoms with E-state index in [9.17, 15) is 0 Å². The molecule has 0 atom stereocenters. The topological polar surface area (TPSA) is 34.4 Å². The Hall–Kier alpha value is -2.04. The molecule has 0 radical (unpaired) electrons. The van der Waals surface area contributed by atoms with Crippen molar-refractivity contribution in [3.8, 4) is 0 Å². The van der Waals surface area contributed by atoms with E-state index in [4.69, 9.17) is 0 Å². The highest BCUT2D eigenvalue weighted by atomic mass is 15.5. The Morgan fingerprint density at radius 2 is 1.56 bits per heavy atom. The Kier molecular flexibility index (Phi) is 3.50. The fourth-order valence-electron chi connectivity index (χ4n) is 1.75. The van der Waals surface area contributed by atoms with Crippen LogP contribution in [0.4, 0.5) is 11.4 Å². The third-order valence-corrected chi connectivity index (χ3v) is 2.91. The van der Waals surface area contributed by atoms with Gasteiger partial charge in [0.25, 0.3) is 0 Å². The molecule has 0 aromatic heterocycles. The van der Waals surface area contributed by atoms with Gasteiger partial charge in [-0.3, -0.25) is 0 Å². The van der Waals surface area contributed by atoms with E-state index in [1.54, 1.807) is 0 Å². The zero-order valence-electron chi connectivity index (χ0n) is 11.3. The van der Waals surface area contributed by atoms with Gasteiger partial charge in [0.2, 0.25) is 6.29 Å². The molecule has 2 rings (SSSR count). The maximum absolute atomic E-state index is 4.33. The lowest BCUT2D eigenvalue weighted by Gasteiger charge is -2.21. The molecule has 1 aromatic carbocycles. The minimum Gasteiger partial charge on any atom is -0.378 e. The van der Waals surface area contributed by atoms with Crippen molar-refractivity contribution in [3.05, 3.63) is 36.7 Å². The second-order valence-electron chi connectivity index (χ2n) is 4.60. The molecule has 5 nitrogen and oxygen atoms in total. The smallest absolute Gasteiger partial charge is 0.217 e. The van der Waals surface area contributed by atoms with Gasteiger partial charge in [0.05, 0.1) is 5.69 Å². The summed E-state index contributed by atoms with van der Waals surface area (Å²) in [5.74, 6) is 0. The summed E-state index contributed by atoms with van der Waals surface area (Å²) in [6.45, 7) is 0. The standard InChI is InChI=1S/C13H19N5/c1-16(2)12-7-5-11(6-8-12)14-15-13-17(3)9-10-18(13)4/h5-10,13H,1-4H3/b15-14+. The van der Waals surface area contributed by atoms with Crippen LogP contribution in [-0.2, 0) is 0 Å². The summed E-state index contributed by atoms with van der Waals surface area (Å²) in [6, 6.07) is 8.02. The van der Waals surface area contributed by atoms with Crippen LogP contribution in [0, 0.1) is 0 Å². The number of nitrogens with zero attached hydrogens (tertiary/aromatic N) is 5. The van der Waals surface area contributed by atoms with Crippen molar-refractivity contribution in [1.29, 1.82) is 0 Å². The van der Waals surface area contributed by atoms with Crippen molar-refractivity contribution in [3.63, 3.8) is 0 Å². The zero-order chi connectivity index (χ0) is 13.1. The van der Waals surface area contributed by atoms with Gasteiger partial charge in [0.1, 0.15) is 0 Å². The predicted octanol–water partition coefficient (Wildman–Crippen LogP) is 2.47. The minimum absolute atomic E-state index is 0.0430. The lowest BCUT2D eigenvalue weighted by atomic mass is 10.3. The van der Waals surface area contributed by atoms with Crippen molar-refractivity contribution in [2.75, 3.05) is 33.1 Å². The van der Waals surface area contributed by atoms with Gasteiger partial charge < -0.3 is 14.7 Å². The highest BCUT2D eigenvalue weighted by Gasteiger charge is 2.18. The number of azo groups is 1. The summed E-state index contributed by atoms with van der Waals surface area (Å²) in [4.78, 5) is 6.08. The molecule has 18 heavy (non-hydrogen) atoms. The molecule has 0 bridgehead atoms. The normalized spacial score (nSPS) is 16.0. The summed E-state index contributed by atoms with van der Waals surface area (Å²) in [6.07, 6.45) is 3.93. The van der Waals surface area contributed by atoms with E-state index in [-0.39, 0.29) is 6.29 Å². The molecule has 1 aliphatic rings. The third-order valence-electron chi connectivity index (χ3n) is 2.91. The molecule has 0 fully saturated rings. The van der Waals surface area contributed by atoms with Crippen LogP contribution in [0.3, 0.4) is 0 Å². The van der Waals surface area contributed by atoms with Crippen molar-refractivity contribution >= 4 is 11.4 Å². The molecule has 0 spiro atoms. The lowest BCUT2D eigenvalue weighted by molar-refractivity contribution is 0.206. The zero-order valence-corrected chi connectivity index (χ0v) is 11.3. The van der Waals surface area contributed by atoms with Crippen LogP contribution in [0.2, 0.25) is 0 Å². The van der Waals surface area contributed by atoms with Gasteiger partial charge in [-0.05, 0) is 24.3 Å². The van der Waals surface area contributed by atoms with E-state index in [0.717, 1.165) is 11.4 Å². The third kappa shape index (κ3) is 2.61. The molecule has 0 saturated carbocycles. The molecule has 0 unspecified atom stereocenters. The molecule has 0 saturated heterocycles. The van der Waals surface area contributed by atoms with E-state index < -0.39 is 0 Å². The summed E-state index contributed by atoms with van der Waals surface area (Å²) in [5, 5.41) is 8.60. The Balaban J connectivity index is 2.05. The van der Waals surface area contributed by atoms with Crippen LogP contribution < -0.4 is 4.90 Å². The maximum Gasteiger partial charge on any atom is 0.217 e. The molecule has 0 aliphatic carbocycles. The van der Waals surface area contributed by atoms with Crippen LogP contribution in [0.5, 0.6) is 0 Å². The first-order valence-electron chi connectivity index (χ1n) is 5.88. The number of benzene rings is 1. The molecule has 0 amide bonds. The average molecular weight is 245 g/mol. The molecular weight excluding hydrogens is 226 g/mol. The highest BCUT2D eigenvalue weighted by molar-refractivity contribution is 5.51. The van der Waals surface area contributed by atoms with Gasteiger partial charge >= 0.3 is 0 Å². The second-order valence-corrected chi connectivity index (χ2v) is 4.60. The van der Waals surface area contributed by atoms with Crippen LogP contribution in [-0.4, -0.2) is 44.3 Å². The number of hydrogen-bond acceptors (Lipinski definition) is 5. The first kappa shape index (κ1) is 12.4. The highest BCUT2D eigenvalue weighted by Crippen LogP contribution is 2.20. The van der Waals surface area contributed by atoms with Crippen molar-refractivity contribution in [1.82, 2.24) is 9.80 Å². The Labute approximate surface area is 108 Å². The van der Waals surface area contributed by atoms with Crippen LogP contribution in [0.15, 0.2) is 46.9 Å². The second kappa shape index (κ2) is 5.08. The Morgan fingerprint density at radius 3 is 2.06 bits per heavy atom. The number of rotatable bonds is 3. The summed E-state index contributed by atoms with van der Waals surface area (Å²) in [7, 11) is 8.01. The largest absolute Gasteiger partial charge is 0.378 e. The van der Waals surface area contributed by atoms with Gasteiger partial charge in [-0.1, -0.05) is 0 Å². The monoisotopic (exact) mass is 245 g/mol. The molecule has 96 valence electrons. The van der Waals surface area contributed by atoms with E-state index in [0.29, 0.717) is 0 Å². The van der Waals surface area contributed by atoms with Gasteiger partial charge in [-0.25, -0.2) is 0 Å². The minimum atomic E-state index is -0.0430. The van der Waals surface area contributed by atoms with Gasteiger partial charge in [-0.2, -0.15) is 5.11 Å². The quantitative estimate of drug-likeness (QED) is 0.767. The summed E-state index contributed by atoms with van der Waals surface area (Å²) < 4.78 is 0. The fraction of sp³-hybridized carbons (Fsp3) is 0.385. The molecule has 1 aliphatic heterocycles. The van der Waals surface area contributed by atoms with Crippen molar-refractivity contribution < 1.29 is 0 Å². The van der Waals surface area contributed by atoms with Crippen LogP contribution in [0.25, 0.3) is 0 Å². The number of anilines is 1. The van der Waals surface area contributed by atoms with Crippen molar-refractivity contribution in [2.24, 2.45) is 10.2 Å². The summed E-state index contributed by atoms with van der Waals surface area (Å²) >= 11 is 0.